The number of benzene rings is 2. The number of carbonyl (C=O) groups excluding carboxylic acids is 1. The Morgan fingerprint density at radius 2 is 1.52 bits per heavy atom. The van der Waals surface area contributed by atoms with Crippen LogP contribution in [0, 0.1) is 5.92 Å². The van der Waals surface area contributed by atoms with Crippen LogP contribution in [-0.4, -0.2) is 11.9 Å². The summed E-state index contributed by atoms with van der Waals surface area (Å²) in [5.41, 5.74) is 1.83. The normalized spacial score (nSPS) is 12.5. The van der Waals surface area contributed by atoms with Gasteiger partial charge >= 0.3 is 0 Å². The highest BCUT2D eigenvalue weighted by Crippen LogP contribution is 2.09. The minimum atomic E-state index is -0.0352. The molecule has 2 nitrogen and oxygen atoms in total. The maximum atomic E-state index is 12.2. The summed E-state index contributed by atoms with van der Waals surface area (Å²) < 4.78 is 0. The lowest BCUT2D eigenvalue weighted by atomic mass is 10.0. The second-order valence-electron chi connectivity index (χ2n) is 5.38. The van der Waals surface area contributed by atoms with Crippen LogP contribution in [0.4, 0.5) is 0 Å². The maximum Gasteiger partial charge on any atom is 0.251 e. The molecule has 1 N–H and O–H groups in total. The van der Waals surface area contributed by atoms with E-state index in [9.17, 15) is 4.79 Å². The van der Waals surface area contributed by atoms with Gasteiger partial charge in [-0.3, -0.25) is 4.79 Å². The number of nitrogens with one attached hydrogen (secondary N) is 1. The first-order chi connectivity index (χ1) is 10.2. The third kappa shape index (κ3) is 4.60. The van der Waals surface area contributed by atoms with Crippen molar-refractivity contribution in [1.82, 2.24) is 5.32 Å². The molecular weight excluding hydrogens is 258 g/mol. The largest absolute Gasteiger partial charge is 0.346 e. The van der Waals surface area contributed by atoms with Gasteiger partial charge in [0.25, 0.3) is 5.91 Å². The molecule has 0 aliphatic heterocycles. The fourth-order valence-corrected chi connectivity index (χ4v) is 2.04. The van der Waals surface area contributed by atoms with E-state index >= 15 is 0 Å². The van der Waals surface area contributed by atoms with Gasteiger partial charge < -0.3 is 5.32 Å². The first-order valence-electron chi connectivity index (χ1n) is 7.26. The van der Waals surface area contributed by atoms with Crippen LogP contribution in [0.5, 0.6) is 0 Å². The van der Waals surface area contributed by atoms with E-state index < -0.39 is 0 Å². The summed E-state index contributed by atoms with van der Waals surface area (Å²) in [6.07, 6.45) is 4.11. The van der Waals surface area contributed by atoms with Crippen LogP contribution in [-0.2, 0) is 0 Å². The van der Waals surface area contributed by atoms with Crippen LogP contribution >= 0.6 is 0 Å². The highest BCUT2D eigenvalue weighted by Gasteiger charge is 2.14. The molecule has 2 rings (SSSR count). The molecule has 21 heavy (non-hydrogen) atoms. The zero-order valence-electron chi connectivity index (χ0n) is 12.5. The van der Waals surface area contributed by atoms with Crippen LogP contribution in [0.2, 0.25) is 0 Å². The van der Waals surface area contributed by atoms with Crippen LogP contribution in [0.3, 0.4) is 0 Å². The Morgan fingerprint density at radius 3 is 2.10 bits per heavy atom. The topological polar surface area (TPSA) is 29.1 Å². The molecule has 2 aromatic carbocycles. The Bertz CT molecular complexity index is 587. The SMILES string of the molecule is CC(C)[C@H](/C=C/c1ccccc1)NC(=O)c1ccccc1. The van der Waals surface area contributed by atoms with Crippen molar-refractivity contribution in [2.45, 2.75) is 19.9 Å². The molecule has 108 valence electrons. The summed E-state index contributed by atoms with van der Waals surface area (Å²) in [6, 6.07) is 19.4. The van der Waals surface area contributed by atoms with E-state index in [1.165, 1.54) is 0 Å². The molecule has 1 atom stereocenters. The lowest BCUT2D eigenvalue weighted by molar-refractivity contribution is 0.0936. The molecule has 0 heterocycles. The molecule has 0 saturated carbocycles. The highest BCUT2D eigenvalue weighted by molar-refractivity contribution is 5.94. The lowest BCUT2D eigenvalue weighted by Gasteiger charge is -2.19. The molecule has 0 aliphatic carbocycles. The van der Waals surface area contributed by atoms with Crippen molar-refractivity contribution >= 4 is 12.0 Å². The molecule has 0 bridgehead atoms. The van der Waals surface area contributed by atoms with Crippen molar-refractivity contribution in [2.75, 3.05) is 0 Å². The molecular formula is C19H21NO. The molecule has 2 aromatic rings. The first-order valence-corrected chi connectivity index (χ1v) is 7.26. The molecule has 0 saturated heterocycles. The first kappa shape index (κ1) is 15.0. The second-order valence-corrected chi connectivity index (χ2v) is 5.38. The van der Waals surface area contributed by atoms with E-state index in [0.29, 0.717) is 11.5 Å². The van der Waals surface area contributed by atoms with E-state index in [4.69, 9.17) is 0 Å². The zero-order chi connectivity index (χ0) is 15.1. The van der Waals surface area contributed by atoms with Crippen molar-refractivity contribution < 1.29 is 4.79 Å². The molecule has 0 unspecified atom stereocenters. The molecule has 0 fully saturated rings. The summed E-state index contributed by atoms with van der Waals surface area (Å²) in [4.78, 5) is 12.2. The standard InChI is InChI=1S/C19H21NO/c1-15(2)18(14-13-16-9-5-3-6-10-16)20-19(21)17-11-7-4-8-12-17/h3-15,18H,1-2H3,(H,20,21)/b14-13+/t18-/m0/s1. The summed E-state index contributed by atoms with van der Waals surface area (Å²) in [7, 11) is 0. The Labute approximate surface area is 126 Å². The summed E-state index contributed by atoms with van der Waals surface area (Å²) >= 11 is 0. The zero-order valence-corrected chi connectivity index (χ0v) is 12.5. The average Bonchev–Trinajstić information content (AvgIpc) is 2.52. The summed E-state index contributed by atoms with van der Waals surface area (Å²) in [5, 5.41) is 3.08. The Morgan fingerprint density at radius 1 is 0.952 bits per heavy atom. The van der Waals surface area contributed by atoms with Gasteiger partial charge in [-0.05, 0) is 23.6 Å². The van der Waals surface area contributed by atoms with Gasteiger partial charge in [0.1, 0.15) is 0 Å². The number of carbonyl (C=O) groups is 1. The van der Waals surface area contributed by atoms with Crippen LogP contribution in [0.15, 0.2) is 66.7 Å². The van der Waals surface area contributed by atoms with Gasteiger partial charge in [0, 0.05) is 5.56 Å². The van der Waals surface area contributed by atoms with Crippen molar-refractivity contribution in [3.8, 4) is 0 Å². The minimum absolute atomic E-state index is 0.0120. The predicted octanol–water partition coefficient (Wildman–Crippen LogP) is 4.15. The minimum Gasteiger partial charge on any atom is -0.346 e. The number of hydrogen-bond acceptors (Lipinski definition) is 1. The molecule has 0 radical (unpaired) electrons. The van der Waals surface area contributed by atoms with Crippen molar-refractivity contribution in [3.05, 3.63) is 77.9 Å². The van der Waals surface area contributed by atoms with Crippen LogP contribution in [0.1, 0.15) is 29.8 Å². The average molecular weight is 279 g/mol. The number of amides is 1. The second kappa shape index (κ2) is 7.44. The van der Waals surface area contributed by atoms with Gasteiger partial charge in [-0.25, -0.2) is 0 Å². The Hall–Kier alpha value is -2.35. The monoisotopic (exact) mass is 279 g/mol. The molecule has 1 amide bonds. The van der Waals surface area contributed by atoms with E-state index in [-0.39, 0.29) is 11.9 Å². The third-order valence-corrected chi connectivity index (χ3v) is 3.35. The fraction of sp³-hybridized carbons (Fsp3) is 0.211. The quantitative estimate of drug-likeness (QED) is 0.875. The van der Waals surface area contributed by atoms with E-state index in [1.807, 2.05) is 60.7 Å². The van der Waals surface area contributed by atoms with E-state index in [1.54, 1.807) is 0 Å². The van der Waals surface area contributed by atoms with Gasteiger partial charge in [0.15, 0.2) is 0 Å². The maximum absolute atomic E-state index is 12.2. The van der Waals surface area contributed by atoms with Crippen molar-refractivity contribution in [2.24, 2.45) is 5.92 Å². The third-order valence-electron chi connectivity index (χ3n) is 3.35. The molecule has 0 aliphatic rings. The fourth-order valence-electron chi connectivity index (χ4n) is 2.04. The summed E-state index contributed by atoms with van der Waals surface area (Å²) in [5.74, 6) is 0.296. The van der Waals surface area contributed by atoms with Gasteiger partial charge in [-0.15, -0.1) is 0 Å². The Kier molecular flexibility index (Phi) is 5.33. The molecule has 2 heteroatoms. The van der Waals surface area contributed by atoms with Gasteiger partial charge in [-0.1, -0.05) is 74.5 Å². The van der Waals surface area contributed by atoms with Gasteiger partial charge in [0.2, 0.25) is 0 Å². The smallest absolute Gasteiger partial charge is 0.251 e. The van der Waals surface area contributed by atoms with Crippen molar-refractivity contribution in [3.63, 3.8) is 0 Å². The van der Waals surface area contributed by atoms with Gasteiger partial charge in [0.05, 0.1) is 6.04 Å². The molecule has 0 spiro atoms. The Balaban J connectivity index is 2.06. The van der Waals surface area contributed by atoms with Crippen LogP contribution < -0.4 is 5.32 Å². The lowest BCUT2D eigenvalue weighted by Crippen LogP contribution is -2.37. The molecule has 0 aromatic heterocycles. The van der Waals surface area contributed by atoms with E-state index in [0.717, 1.165) is 5.56 Å². The van der Waals surface area contributed by atoms with Crippen LogP contribution in [0.25, 0.3) is 6.08 Å². The summed E-state index contributed by atoms with van der Waals surface area (Å²) in [6.45, 7) is 4.20. The predicted molar refractivity (Wildman–Crippen MR) is 88.0 cm³/mol. The van der Waals surface area contributed by atoms with E-state index in [2.05, 4.69) is 31.3 Å². The number of rotatable bonds is 5. The van der Waals surface area contributed by atoms with Crippen molar-refractivity contribution in [1.29, 1.82) is 0 Å². The highest BCUT2D eigenvalue weighted by atomic mass is 16.1. The van der Waals surface area contributed by atoms with Gasteiger partial charge in [-0.2, -0.15) is 0 Å². The number of hydrogen-bond donors (Lipinski definition) is 1.